The number of hydrogen-bond donors (Lipinski definition) is 0. The molecule has 0 aromatic heterocycles. The molecule has 0 spiro atoms. The Balaban J connectivity index is 0.000000386. The zero-order valence-electron chi connectivity index (χ0n) is 9.48. The Kier molecular flexibility index (Phi) is 5.23. The predicted molar refractivity (Wildman–Crippen MR) is 64.8 cm³/mol. The molecular weight excluding hydrogens is 203 g/mol. The zero-order chi connectivity index (χ0) is 11.8. The molecule has 2 rings (SSSR count). The maximum Gasteiger partial charge on any atom is 0.131 e. The summed E-state index contributed by atoms with van der Waals surface area (Å²) in [7, 11) is 3.25. The summed E-state index contributed by atoms with van der Waals surface area (Å²) < 4.78 is 17.5. The quantitative estimate of drug-likeness (QED) is 0.708. The van der Waals surface area contributed by atoms with E-state index in [-0.39, 0.29) is 5.82 Å². The second-order valence-corrected chi connectivity index (χ2v) is 3.25. The maximum absolute atomic E-state index is 13.3. The molecule has 0 amide bonds. The fourth-order valence-electron chi connectivity index (χ4n) is 1.31. The second kappa shape index (κ2) is 6.75. The smallest absolute Gasteiger partial charge is 0.131 e. The highest BCUT2D eigenvalue weighted by atomic mass is 19.1. The first kappa shape index (κ1) is 12.4. The van der Waals surface area contributed by atoms with E-state index < -0.39 is 0 Å². The number of benzene rings is 2. The SMILES string of the molecule is COC.Fc1ccccc1-c1ccccc1. The molecule has 1 nitrogen and oxygen atoms in total. The minimum atomic E-state index is -0.172. The van der Waals surface area contributed by atoms with E-state index in [4.69, 9.17) is 0 Å². The van der Waals surface area contributed by atoms with Gasteiger partial charge in [-0.25, -0.2) is 4.39 Å². The minimum absolute atomic E-state index is 0.172. The standard InChI is InChI=1S/C12H9F.C2H6O/c13-12-9-5-4-8-11(12)10-6-2-1-3-7-10;1-3-2/h1-9H;1-2H3. The summed E-state index contributed by atoms with van der Waals surface area (Å²) in [6.07, 6.45) is 0. The molecule has 84 valence electrons. The van der Waals surface area contributed by atoms with Gasteiger partial charge in [0, 0.05) is 19.8 Å². The van der Waals surface area contributed by atoms with Crippen molar-refractivity contribution in [1.82, 2.24) is 0 Å². The molecule has 16 heavy (non-hydrogen) atoms. The summed E-state index contributed by atoms with van der Waals surface area (Å²) in [4.78, 5) is 0. The number of halogens is 1. The van der Waals surface area contributed by atoms with Gasteiger partial charge in [-0.3, -0.25) is 0 Å². The van der Waals surface area contributed by atoms with Crippen molar-refractivity contribution in [2.24, 2.45) is 0 Å². The fraction of sp³-hybridized carbons (Fsp3) is 0.143. The van der Waals surface area contributed by atoms with Gasteiger partial charge < -0.3 is 4.74 Å². The molecule has 0 aliphatic heterocycles. The maximum atomic E-state index is 13.3. The van der Waals surface area contributed by atoms with Crippen LogP contribution in [0.25, 0.3) is 11.1 Å². The molecule has 0 unspecified atom stereocenters. The van der Waals surface area contributed by atoms with Crippen LogP contribution in [0.15, 0.2) is 54.6 Å². The van der Waals surface area contributed by atoms with Gasteiger partial charge in [0.15, 0.2) is 0 Å². The molecule has 0 saturated carbocycles. The van der Waals surface area contributed by atoms with Crippen molar-refractivity contribution in [2.45, 2.75) is 0 Å². The Morgan fingerprint density at radius 1 is 0.812 bits per heavy atom. The third-order valence-corrected chi connectivity index (χ3v) is 1.96. The van der Waals surface area contributed by atoms with E-state index in [2.05, 4.69) is 4.74 Å². The summed E-state index contributed by atoms with van der Waals surface area (Å²) in [5.74, 6) is -0.172. The van der Waals surface area contributed by atoms with Crippen LogP contribution in [0.2, 0.25) is 0 Å². The van der Waals surface area contributed by atoms with Gasteiger partial charge in [0.05, 0.1) is 0 Å². The van der Waals surface area contributed by atoms with Crippen molar-refractivity contribution in [2.75, 3.05) is 14.2 Å². The lowest BCUT2D eigenvalue weighted by Gasteiger charge is -2.01. The molecule has 0 fully saturated rings. The molecule has 0 saturated heterocycles. The average Bonchev–Trinajstić information content (AvgIpc) is 2.32. The Morgan fingerprint density at radius 2 is 1.31 bits per heavy atom. The van der Waals surface area contributed by atoms with Crippen molar-refractivity contribution >= 4 is 0 Å². The summed E-state index contributed by atoms with van der Waals surface area (Å²) in [5.41, 5.74) is 1.57. The normalized spacial score (nSPS) is 9.19. The third-order valence-electron chi connectivity index (χ3n) is 1.96. The van der Waals surface area contributed by atoms with E-state index in [1.165, 1.54) is 6.07 Å². The predicted octanol–water partition coefficient (Wildman–Crippen LogP) is 3.76. The van der Waals surface area contributed by atoms with Gasteiger partial charge in [0.1, 0.15) is 5.82 Å². The van der Waals surface area contributed by atoms with Gasteiger partial charge in [-0.1, -0.05) is 48.5 Å². The molecule has 0 N–H and O–H groups in total. The molecule has 0 atom stereocenters. The van der Waals surface area contributed by atoms with Crippen LogP contribution in [0.4, 0.5) is 4.39 Å². The van der Waals surface area contributed by atoms with Gasteiger partial charge in [0.25, 0.3) is 0 Å². The van der Waals surface area contributed by atoms with Crippen LogP contribution in [0.1, 0.15) is 0 Å². The Morgan fingerprint density at radius 3 is 1.88 bits per heavy atom. The molecule has 0 heterocycles. The van der Waals surface area contributed by atoms with Gasteiger partial charge in [-0.2, -0.15) is 0 Å². The number of ether oxygens (including phenoxy) is 1. The molecule has 0 aliphatic rings. The number of methoxy groups -OCH3 is 1. The van der Waals surface area contributed by atoms with Crippen LogP contribution in [0, 0.1) is 5.82 Å². The van der Waals surface area contributed by atoms with Gasteiger partial charge in [-0.05, 0) is 11.6 Å². The summed E-state index contributed by atoms with van der Waals surface area (Å²) in [6.45, 7) is 0. The monoisotopic (exact) mass is 218 g/mol. The highest BCUT2D eigenvalue weighted by Gasteiger charge is 2.01. The lowest BCUT2D eigenvalue weighted by molar-refractivity contribution is 0.277. The molecule has 2 aromatic rings. The van der Waals surface area contributed by atoms with E-state index in [1.807, 2.05) is 36.4 Å². The second-order valence-electron chi connectivity index (χ2n) is 3.25. The minimum Gasteiger partial charge on any atom is -0.388 e. The summed E-state index contributed by atoms with van der Waals surface area (Å²) in [6, 6.07) is 16.3. The first-order valence-electron chi connectivity index (χ1n) is 4.99. The summed E-state index contributed by atoms with van der Waals surface area (Å²) >= 11 is 0. The van der Waals surface area contributed by atoms with E-state index in [1.54, 1.807) is 26.4 Å². The highest BCUT2D eigenvalue weighted by molar-refractivity contribution is 5.63. The first-order valence-corrected chi connectivity index (χ1v) is 4.99. The Labute approximate surface area is 95.5 Å². The first-order chi connectivity index (χ1) is 7.79. The van der Waals surface area contributed by atoms with E-state index in [9.17, 15) is 4.39 Å². The highest BCUT2D eigenvalue weighted by Crippen LogP contribution is 2.21. The average molecular weight is 218 g/mol. The molecule has 2 heteroatoms. The molecule has 0 radical (unpaired) electrons. The van der Waals surface area contributed by atoms with Crippen molar-refractivity contribution in [1.29, 1.82) is 0 Å². The van der Waals surface area contributed by atoms with Crippen LogP contribution < -0.4 is 0 Å². The molecule has 0 aliphatic carbocycles. The third kappa shape index (κ3) is 3.48. The van der Waals surface area contributed by atoms with Crippen molar-refractivity contribution in [3.05, 3.63) is 60.4 Å². The lowest BCUT2D eigenvalue weighted by Crippen LogP contribution is -1.81. The van der Waals surface area contributed by atoms with Crippen LogP contribution >= 0.6 is 0 Å². The number of hydrogen-bond acceptors (Lipinski definition) is 1. The van der Waals surface area contributed by atoms with E-state index in [0.717, 1.165) is 5.56 Å². The molecule has 2 aromatic carbocycles. The topological polar surface area (TPSA) is 9.23 Å². The van der Waals surface area contributed by atoms with Crippen molar-refractivity contribution < 1.29 is 9.13 Å². The van der Waals surface area contributed by atoms with Crippen LogP contribution in [-0.4, -0.2) is 14.2 Å². The van der Waals surface area contributed by atoms with Crippen LogP contribution in [-0.2, 0) is 4.74 Å². The summed E-state index contributed by atoms with van der Waals surface area (Å²) in [5, 5.41) is 0. The van der Waals surface area contributed by atoms with Gasteiger partial charge >= 0.3 is 0 Å². The Bertz CT molecular complexity index is 412. The van der Waals surface area contributed by atoms with Gasteiger partial charge in [0.2, 0.25) is 0 Å². The van der Waals surface area contributed by atoms with Crippen LogP contribution in [0.3, 0.4) is 0 Å². The number of rotatable bonds is 1. The van der Waals surface area contributed by atoms with Crippen molar-refractivity contribution in [3.63, 3.8) is 0 Å². The lowest BCUT2D eigenvalue weighted by atomic mass is 10.1. The van der Waals surface area contributed by atoms with Crippen molar-refractivity contribution in [3.8, 4) is 11.1 Å². The van der Waals surface area contributed by atoms with Gasteiger partial charge in [-0.15, -0.1) is 0 Å². The fourth-order valence-corrected chi connectivity index (χ4v) is 1.31. The van der Waals surface area contributed by atoms with E-state index >= 15 is 0 Å². The Hall–Kier alpha value is -1.67. The van der Waals surface area contributed by atoms with Crippen LogP contribution in [0.5, 0.6) is 0 Å². The molecular formula is C14H15FO. The zero-order valence-corrected chi connectivity index (χ0v) is 9.48. The van der Waals surface area contributed by atoms with E-state index in [0.29, 0.717) is 5.56 Å². The largest absolute Gasteiger partial charge is 0.388 e. The molecule has 0 bridgehead atoms.